The SMILES string of the molecule is N#Cc1ccc(C=Nn2c(-c3ccc4c(c3)NC(=O)CO4)csc2=Nc2ccc(Cl)cc2)cc1. The lowest BCUT2D eigenvalue weighted by molar-refractivity contribution is -0.118. The fourth-order valence-corrected chi connectivity index (χ4v) is 4.31. The Morgan fingerprint density at radius 2 is 1.91 bits per heavy atom. The van der Waals surface area contributed by atoms with Crippen LogP contribution in [0, 0.1) is 11.3 Å². The molecule has 166 valence electrons. The van der Waals surface area contributed by atoms with Crippen molar-refractivity contribution >= 4 is 46.4 Å². The summed E-state index contributed by atoms with van der Waals surface area (Å²) in [7, 11) is 0. The number of amides is 1. The summed E-state index contributed by atoms with van der Waals surface area (Å²) in [6, 6.07) is 22.1. The van der Waals surface area contributed by atoms with Crippen molar-refractivity contribution in [3.63, 3.8) is 0 Å². The zero-order valence-electron chi connectivity index (χ0n) is 17.6. The molecule has 0 bridgehead atoms. The van der Waals surface area contributed by atoms with Gasteiger partial charge in [0.2, 0.25) is 4.80 Å². The second-order valence-electron chi connectivity index (χ2n) is 7.33. The third-order valence-corrected chi connectivity index (χ3v) is 6.08. The third kappa shape index (κ3) is 4.62. The number of benzene rings is 3. The molecule has 1 amide bonds. The Hall–Kier alpha value is -4.19. The van der Waals surface area contributed by atoms with Crippen LogP contribution in [0.1, 0.15) is 11.1 Å². The van der Waals surface area contributed by atoms with Crippen molar-refractivity contribution in [3.8, 4) is 23.1 Å². The van der Waals surface area contributed by atoms with E-state index in [9.17, 15) is 4.79 Å². The number of aromatic nitrogens is 1. The van der Waals surface area contributed by atoms with Crippen molar-refractivity contribution in [2.45, 2.75) is 0 Å². The lowest BCUT2D eigenvalue weighted by Crippen LogP contribution is -2.25. The first-order valence-corrected chi connectivity index (χ1v) is 11.5. The van der Waals surface area contributed by atoms with Crippen LogP contribution in [-0.4, -0.2) is 23.4 Å². The molecular weight excluding hydrogens is 470 g/mol. The van der Waals surface area contributed by atoms with E-state index in [0.29, 0.717) is 26.8 Å². The van der Waals surface area contributed by atoms with E-state index in [1.807, 2.05) is 47.8 Å². The number of rotatable bonds is 4. The average Bonchev–Trinajstić information content (AvgIpc) is 3.26. The van der Waals surface area contributed by atoms with Gasteiger partial charge in [-0.25, -0.2) is 9.67 Å². The summed E-state index contributed by atoms with van der Waals surface area (Å²) in [6.07, 6.45) is 1.71. The minimum atomic E-state index is -0.194. The number of anilines is 1. The number of hydrogen-bond acceptors (Lipinski definition) is 6. The number of thiazole rings is 1. The summed E-state index contributed by atoms with van der Waals surface area (Å²) < 4.78 is 7.22. The number of nitriles is 1. The molecule has 1 aliphatic heterocycles. The predicted octanol–water partition coefficient (Wildman–Crippen LogP) is 5.19. The number of halogens is 1. The Bertz CT molecular complexity index is 1510. The van der Waals surface area contributed by atoms with E-state index in [-0.39, 0.29) is 12.5 Å². The van der Waals surface area contributed by atoms with Crippen LogP contribution in [0.25, 0.3) is 11.3 Å². The van der Waals surface area contributed by atoms with Gasteiger partial charge in [-0.15, -0.1) is 11.3 Å². The number of nitrogens with zero attached hydrogens (tertiary/aromatic N) is 4. The molecule has 1 aliphatic rings. The van der Waals surface area contributed by atoms with Crippen LogP contribution in [0.15, 0.2) is 82.2 Å². The van der Waals surface area contributed by atoms with E-state index in [0.717, 1.165) is 22.5 Å². The van der Waals surface area contributed by atoms with E-state index >= 15 is 0 Å². The number of hydrogen-bond donors (Lipinski definition) is 1. The van der Waals surface area contributed by atoms with Crippen molar-refractivity contribution in [1.82, 2.24) is 4.68 Å². The summed E-state index contributed by atoms with van der Waals surface area (Å²) in [5.41, 5.74) is 4.41. The Balaban J connectivity index is 1.60. The Kier molecular flexibility index (Phi) is 5.95. The van der Waals surface area contributed by atoms with Gasteiger partial charge in [0, 0.05) is 16.0 Å². The van der Waals surface area contributed by atoms with Gasteiger partial charge in [0.15, 0.2) is 6.61 Å². The highest BCUT2D eigenvalue weighted by molar-refractivity contribution is 7.07. The summed E-state index contributed by atoms with van der Waals surface area (Å²) in [6.45, 7) is 0.00377. The summed E-state index contributed by atoms with van der Waals surface area (Å²) in [4.78, 5) is 17.2. The second-order valence-corrected chi connectivity index (χ2v) is 8.60. The number of carbonyl (C=O) groups excluding carboxylic acids is 1. The van der Waals surface area contributed by atoms with Crippen molar-refractivity contribution < 1.29 is 9.53 Å². The Labute approximate surface area is 203 Å². The van der Waals surface area contributed by atoms with Crippen LogP contribution >= 0.6 is 22.9 Å². The molecule has 0 radical (unpaired) electrons. The second kappa shape index (κ2) is 9.35. The summed E-state index contributed by atoms with van der Waals surface area (Å²) in [5.74, 6) is 0.428. The third-order valence-electron chi connectivity index (χ3n) is 5.01. The van der Waals surface area contributed by atoms with E-state index in [1.165, 1.54) is 11.3 Å². The zero-order chi connectivity index (χ0) is 23.5. The maximum Gasteiger partial charge on any atom is 0.262 e. The summed E-state index contributed by atoms with van der Waals surface area (Å²) in [5, 5.41) is 19.1. The van der Waals surface area contributed by atoms with Gasteiger partial charge in [0.25, 0.3) is 5.91 Å². The quantitative estimate of drug-likeness (QED) is 0.403. The molecule has 0 saturated carbocycles. The highest BCUT2D eigenvalue weighted by Crippen LogP contribution is 2.33. The summed E-state index contributed by atoms with van der Waals surface area (Å²) >= 11 is 7.45. The fourth-order valence-electron chi connectivity index (χ4n) is 3.32. The van der Waals surface area contributed by atoms with Crippen LogP contribution < -0.4 is 14.9 Å². The lowest BCUT2D eigenvalue weighted by atomic mass is 10.1. The first-order valence-electron chi connectivity index (χ1n) is 10.2. The molecular formula is C25H16ClN5O2S. The van der Waals surface area contributed by atoms with Crippen molar-refractivity contribution in [2.24, 2.45) is 10.1 Å². The van der Waals surface area contributed by atoms with Crippen LogP contribution in [0.3, 0.4) is 0 Å². The molecule has 5 rings (SSSR count). The van der Waals surface area contributed by atoms with Crippen LogP contribution in [0.4, 0.5) is 11.4 Å². The maximum absolute atomic E-state index is 11.8. The van der Waals surface area contributed by atoms with Crippen LogP contribution in [-0.2, 0) is 4.79 Å². The molecule has 3 aromatic carbocycles. The lowest BCUT2D eigenvalue weighted by Gasteiger charge is -2.18. The number of nitrogens with one attached hydrogen (secondary N) is 1. The van der Waals surface area contributed by atoms with Gasteiger partial charge in [-0.2, -0.15) is 10.4 Å². The average molecular weight is 486 g/mol. The molecule has 7 nitrogen and oxygen atoms in total. The van der Waals surface area contributed by atoms with Gasteiger partial charge in [0.1, 0.15) is 5.75 Å². The van der Waals surface area contributed by atoms with E-state index in [2.05, 4.69) is 16.5 Å². The van der Waals surface area contributed by atoms with Crippen LogP contribution in [0.2, 0.25) is 5.02 Å². The molecule has 4 aromatic rings. The first-order chi connectivity index (χ1) is 16.6. The van der Waals surface area contributed by atoms with Gasteiger partial charge in [-0.3, -0.25) is 4.79 Å². The molecule has 0 unspecified atom stereocenters. The molecule has 2 heterocycles. The smallest absolute Gasteiger partial charge is 0.262 e. The van der Waals surface area contributed by atoms with E-state index < -0.39 is 0 Å². The van der Waals surface area contributed by atoms with Gasteiger partial charge in [-0.1, -0.05) is 23.7 Å². The highest BCUT2D eigenvalue weighted by Gasteiger charge is 2.17. The van der Waals surface area contributed by atoms with Gasteiger partial charge in [0.05, 0.1) is 34.9 Å². The molecule has 0 spiro atoms. The Morgan fingerprint density at radius 1 is 1.12 bits per heavy atom. The molecule has 1 N–H and O–H groups in total. The maximum atomic E-state index is 11.8. The molecule has 9 heteroatoms. The molecule has 0 aliphatic carbocycles. The Morgan fingerprint density at radius 3 is 2.68 bits per heavy atom. The van der Waals surface area contributed by atoms with Crippen molar-refractivity contribution in [3.05, 3.63) is 93.1 Å². The molecule has 0 saturated heterocycles. The van der Waals surface area contributed by atoms with Gasteiger partial charge >= 0.3 is 0 Å². The van der Waals surface area contributed by atoms with Crippen molar-refractivity contribution in [1.29, 1.82) is 5.26 Å². The topological polar surface area (TPSA) is 91.8 Å². The highest BCUT2D eigenvalue weighted by atomic mass is 35.5. The van der Waals surface area contributed by atoms with Crippen molar-refractivity contribution in [2.75, 3.05) is 11.9 Å². The van der Waals surface area contributed by atoms with E-state index in [1.54, 1.807) is 35.2 Å². The zero-order valence-corrected chi connectivity index (χ0v) is 19.2. The standard InChI is InChI=1S/C25H16ClN5O2S/c26-19-6-8-20(9-7-19)29-25-31(28-13-17-3-1-16(12-27)2-4-17)22(15-34-25)18-5-10-23-21(11-18)30-24(32)14-33-23/h1-11,13,15H,14H2,(H,30,32). The predicted molar refractivity (Wildman–Crippen MR) is 133 cm³/mol. The largest absolute Gasteiger partial charge is 0.482 e. The number of fused-ring (bicyclic) bond motifs is 1. The first kappa shape index (κ1) is 21.6. The minimum absolute atomic E-state index is 0.00377. The van der Waals surface area contributed by atoms with Crippen LogP contribution in [0.5, 0.6) is 5.75 Å². The number of ether oxygens (including phenoxy) is 1. The molecule has 34 heavy (non-hydrogen) atoms. The molecule has 1 aromatic heterocycles. The van der Waals surface area contributed by atoms with Gasteiger partial charge < -0.3 is 10.1 Å². The number of carbonyl (C=O) groups is 1. The minimum Gasteiger partial charge on any atom is -0.482 e. The fraction of sp³-hybridized carbons (Fsp3) is 0.0400. The van der Waals surface area contributed by atoms with E-state index in [4.69, 9.17) is 26.6 Å². The van der Waals surface area contributed by atoms with Gasteiger partial charge in [-0.05, 0) is 60.2 Å². The monoisotopic (exact) mass is 485 g/mol. The molecule has 0 atom stereocenters. The molecule has 0 fully saturated rings. The normalized spacial score (nSPS) is 13.3.